The van der Waals surface area contributed by atoms with E-state index in [-0.39, 0.29) is 11.6 Å². The van der Waals surface area contributed by atoms with Gasteiger partial charge in [0.05, 0.1) is 9.80 Å². The number of nitro benzene ring substituents is 1. The standard InChI is InChI=1S/C13H12N2O3S/c1-8-3-5-10(7-11(8)15(17)18)14-13(16)12-6-4-9(2)19-12/h3-7H,1-2H3,(H,14,16). The Bertz CT molecular complexity index is 649. The first-order valence-electron chi connectivity index (χ1n) is 5.60. The lowest BCUT2D eigenvalue weighted by Gasteiger charge is -2.04. The van der Waals surface area contributed by atoms with E-state index in [4.69, 9.17) is 0 Å². The highest BCUT2D eigenvalue weighted by atomic mass is 32.1. The Kier molecular flexibility index (Phi) is 3.62. The number of aryl methyl sites for hydroxylation is 2. The summed E-state index contributed by atoms with van der Waals surface area (Å²) in [6.07, 6.45) is 0. The van der Waals surface area contributed by atoms with Crippen molar-refractivity contribution in [1.29, 1.82) is 0 Å². The van der Waals surface area contributed by atoms with Crippen LogP contribution >= 0.6 is 11.3 Å². The van der Waals surface area contributed by atoms with Gasteiger partial charge in [-0.1, -0.05) is 6.07 Å². The second kappa shape index (κ2) is 5.19. The third-order valence-corrected chi connectivity index (χ3v) is 3.63. The molecule has 6 heteroatoms. The van der Waals surface area contributed by atoms with Crippen LogP contribution in [0.4, 0.5) is 11.4 Å². The van der Waals surface area contributed by atoms with Crippen LogP contribution in [-0.4, -0.2) is 10.8 Å². The molecule has 0 saturated heterocycles. The summed E-state index contributed by atoms with van der Waals surface area (Å²) in [4.78, 5) is 23.9. The van der Waals surface area contributed by atoms with E-state index >= 15 is 0 Å². The van der Waals surface area contributed by atoms with Gasteiger partial charge in [0.1, 0.15) is 0 Å². The molecule has 0 fully saturated rings. The van der Waals surface area contributed by atoms with Gasteiger partial charge in [-0.15, -0.1) is 11.3 Å². The van der Waals surface area contributed by atoms with Crippen LogP contribution in [0.2, 0.25) is 0 Å². The van der Waals surface area contributed by atoms with Crippen LogP contribution in [0, 0.1) is 24.0 Å². The highest BCUT2D eigenvalue weighted by molar-refractivity contribution is 7.14. The third-order valence-electron chi connectivity index (χ3n) is 2.63. The molecule has 0 radical (unpaired) electrons. The fourth-order valence-electron chi connectivity index (χ4n) is 1.63. The van der Waals surface area contributed by atoms with Crippen molar-refractivity contribution in [3.63, 3.8) is 0 Å². The first-order chi connectivity index (χ1) is 8.97. The number of carbonyl (C=O) groups excluding carboxylic acids is 1. The van der Waals surface area contributed by atoms with E-state index < -0.39 is 4.92 Å². The van der Waals surface area contributed by atoms with Crippen molar-refractivity contribution in [2.45, 2.75) is 13.8 Å². The lowest BCUT2D eigenvalue weighted by molar-refractivity contribution is -0.385. The Balaban J connectivity index is 2.22. The van der Waals surface area contributed by atoms with Gasteiger partial charge in [-0.25, -0.2) is 0 Å². The number of carbonyl (C=O) groups is 1. The molecule has 2 rings (SSSR count). The zero-order chi connectivity index (χ0) is 14.0. The predicted molar refractivity (Wildman–Crippen MR) is 74.8 cm³/mol. The van der Waals surface area contributed by atoms with Gasteiger partial charge < -0.3 is 5.32 Å². The Morgan fingerprint density at radius 1 is 1.26 bits per heavy atom. The quantitative estimate of drug-likeness (QED) is 0.688. The molecule has 1 aromatic heterocycles. The summed E-state index contributed by atoms with van der Waals surface area (Å²) in [5, 5.41) is 13.5. The number of benzene rings is 1. The number of rotatable bonds is 3. The molecular weight excluding hydrogens is 264 g/mol. The van der Waals surface area contributed by atoms with Crippen molar-refractivity contribution in [3.05, 3.63) is 55.8 Å². The molecule has 1 N–H and O–H groups in total. The maximum absolute atomic E-state index is 11.9. The molecule has 0 unspecified atom stereocenters. The summed E-state index contributed by atoms with van der Waals surface area (Å²) in [5.41, 5.74) is 0.989. The van der Waals surface area contributed by atoms with E-state index in [0.29, 0.717) is 16.1 Å². The number of nitro groups is 1. The number of anilines is 1. The molecule has 0 aliphatic rings. The molecule has 19 heavy (non-hydrogen) atoms. The Labute approximate surface area is 114 Å². The van der Waals surface area contributed by atoms with E-state index in [1.54, 1.807) is 25.1 Å². The molecule has 98 valence electrons. The number of hydrogen-bond donors (Lipinski definition) is 1. The smallest absolute Gasteiger partial charge is 0.274 e. The Morgan fingerprint density at radius 3 is 2.58 bits per heavy atom. The summed E-state index contributed by atoms with van der Waals surface area (Å²) in [6.45, 7) is 3.57. The Hall–Kier alpha value is -2.21. The van der Waals surface area contributed by atoms with Gasteiger partial charge >= 0.3 is 0 Å². The van der Waals surface area contributed by atoms with Crippen LogP contribution in [0.15, 0.2) is 30.3 Å². The van der Waals surface area contributed by atoms with Crippen LogP contribution in [0.3, 0.4) is 0 Å². The molecule has 1 aromatic carbocycles. The number of hydrogen-bond acceptors (Lipinski definition) is 4. The van der Waals surface area contributed by atoms with Crippen molar-refractivity contribution in [2.24, 2.45) is 0 Å². The van der Waals surface area contributed by atoms with Crippen molar-refractivity contribution in [1.82, 2.24) is 0 Å². The van der Waals surface area contributed by atoms with E-state index in [0.717, 1.165) is 4.88 Å². The molecule has 1 heterocycles. The van der Waals surface area contributed by atoms with Gasteiger partial charge in [0, 0.05) is 22.2 Å². The molecule has 0 saturated carbocycles. The normalized spacial score (nSPS) is 10.2. The minimum Gasteiger partial charge on any atom is -0.321 e. The van der Waals surface area contributed by atoms with Crippen molar-refractivity contribution < 1.29 is 9.72 Å². The summed E-state index contributed by atoms with van der Waals surface area (Å²) in [5.74, 6) is -0.253. The van der Waals surface area contributed by atoms with Gasteiger partial charge in [-0.3, -0.25) is 14.9 Å². The average Bonchev–Trinajstić information content (AvgIpc) is 2.78. The zero-order valence-electron chi connectivity index (χ0n) is 10.5. The van der Waals surface area contributed by atoms with Gasteiger partial charge in [-0.05, 0) is 32.0 Å². The number of nitrogens with zero attached hydrogens (tertiary/aromatic N) is 1. The highest BCUT2D eigenvalue weighted by Gasteiger charge is 2.13. The van der Waals surface area contributed by atoms with Crippen LogP contribution in [0.1, 0.15) is 20.1 Å². The lowest BCUT2D eigenvalue weighted by atomic mass is 10.2. The van der Waals surface area contributed by atoms with Gasteiger partial charge in [0.2, 0.25) is 0 Å². The lowest BCUT2D eigenvalue weighted by Crippen LogP contribution is -2.10. The molecule has 0 spiro atoms. The maximum atomic E-state index is 11.9. The largest absolute Gasteiger partial charge is 0.321 e. The number of nitrogens with one attached hydrogen (secondary N) is 1. The summed E-state index contributed by atoms with van der Waals surface area (Å²) < 4.78 is 0. The predicted octanol–water partition coefficient (Wildman–Crippen LogP) is 3.53. The molecule has 0 bridgehead atoms. The van der Waals surface area contributed by atoms with Crippen LogP contribution < -0.4 is 5.32 Å². The summed E-state index contributed by atoms with van der Waals surface area (Å²) in [6, 6.07) is 8.23. The molecule has 1 amide bonds. The zero-order valence-corrected chi connectivity index (χ0v) is 11.3. The fourth-order valence-corrected chi connectivity index (χ4v) is 2.40. The topological polar surface area (TPSA) is 72.2 Å². The van der Waals surface area contributed by atoms with Crippen LogP contribution in [-0.2, 0) is 0 Å². The molecule has 0 aliphatic heterocycles. The van der Waals surface area contributed by atoms with Crippen LogP contribution in [0.25, 0.3) is 0 Å². The van der Waals surface area contributed by atoms with Gasteiger partial charge in [0.15, 0.2) is 0 Å². The number of thiophene rings is 1. The highest BCUT2D eigenvalue weighted by Crippen LogP contribution is 2.23. The minimum absolute atomic E-state index is 0.000148. The Morgan fingerprint density at radius 2 is 2.00 bits per heavy atom. The molecule has 2 aromatic rings. The molecular formula is C13H12N2O3S. The van der Waals surface area contributed by atoms with Crippen molar-refractivity contribution in [3.8, 4) is 0 Å². The van der Waals surface area contributed by atoms with Gasteiger partial charge in [-0.2, -0.15) is 0 Å². The van der Waals surface area contributed by atoms with E-state index in [1.165, 1.54) is 17.4 Å². The average molecular weight is 276 g/mol. The maximum Gasteiger partial charge on any atom is 0.274 e. The first kappa shape index (κ1) is 13.2. The molecule has 5 nitrogen and oxygen atoms in total. The number of amides is 1. The van der Waals surface area contributed by atoms with Crippen LogP contribution in [0.5, 0.6) is 0 Å². The monoisotopic (exact) mass is 276 g/mol. The van der Waals surface area contributed by atoms with E-state index in [2.05, 4.69) is 5.32 Å². The summed E-state index contributed by atoms with van der Waals surface area (Å²) >= 11 is 1.38. The first-order valence-corrected chi connectivity index (χ1v) is 6.42. The minimum atomic E-state index is -0.458. The SMILES string of the molecule is Cc1ccc(C(=O)Nc2ccc(C)c([N+](=O)[O-])c2)s1. The third kappa shape index (κ3) is 2.97. The van der Waals surface area contributed by atoms with Crippen molar-refractivity contribution in [2.75, 3.05) is 5.32 Å². The second-order valence-corrected chi connectivity index (χ2v) is 5.41. The molecule has 0 aliphatic carbocycles. The second-order valence-electron chi connectivity index (χ2n) is 4.12. The van der Waals surface area contributed by atoms with Gasteiger partial charge in [0.25, 0.3) is 11.6 Å². The summed E-state index contributed by atoms with van der Waals surface area (Å²) in [7, 11) is 0. The van der Waals surface area contributed by atoms with E-state index in [1.807, 2.05) is 13.0 Å². The van der Waals surface area contributed by atoms with E-state index in [9.17, 15) is 14.9 Å². The van der Waals surface area contributed by atoms with Crippen molar-refractivity contribution >= 4 is 28.6 Å². The molecule has 0 atom stereocenters. The fraction of sp³-hybridized carbons (Fsp3) is 0.154.